The molecular formula is C18H29NO2. The van der Waals surface area contributed by atoms with Gasteiger partial charge in [0.05, 0.1) is 0 Å². The number of benzene rings is 1. The van der Waals surface area contributed by atoms with Crippen molar-refractivity contribution < 1.29 is 9.84 Å². The fourth-order valence-electron chi connectivity index (χ4n) is 3.01. The SMILES string of the molecule is CCc1cccc(OCC(O)CNC2CCCCC2C)c1. The Labute approximate surface area is 128 Å². The van der Waals surface area contributed by atoms with Crippen LogP contribution in [-0.2, 0) is 6.42 Å². The van der Waals surface area contributed by atoms with Crippen molar-refractivity contribution in [3.05, 3.63) is 29.8 Å². The Morgan fingerprint density at radius 2 is 2.14 bits per heavy atom. The van der Waals surface area contributed by atoms with Gasteiger partial charge in [-0.1, -0.05) is 38.8 Å². The Bertz CT molecular complexity index is 421. The highest BCUT2D eigenvalue weighted by Gasteiger charge is 2.21. The predicted octanol–water partition coefficient (Wildman–Crippen LogP) is 3.16. The third kappa shape index (κ3) is 5.33. The van der Waals surface area contributed by atoms with Crippen LogP contribution >= 0.6 is 0 Å². The lowest BCUT2D eigenvalue weighted by molar-refractivity contribution is 0.0984. The molecule has 0 aliphatic heterocycles. The molecule has 118 valence electrons. The van der Waals surface area contributed by atoms with E-state index in [9.17, 15) is 5.11 Å². The fraction of sp³-hybridized carbons (Fsp3) is 0.667. The molecule has 0 spiro atoms. The number of aliphatic hydroxyl groups is 1. The van der Waals surface area contributed by atoms with Crippen LogP contribution in [-0.4, -0.2) is 30.4 Å². The second-order valence-corrected chi connectivity index (χ2v) is 6.24. The Morgan fingerprint density at radius 1 is 1.33 bits per heavy atom. The third-order valence-electron chi connectivity index (χ3n) is 4.48. The van der Waals surface area contributed by atoms with E-state index < -0.39 is 6.10 Å². The number of nitrogens with one attached hydrogen (secondary N) is 1. The topological polar surface area (TPSA) is 41.5 Å². The van der Waals surface area contributed by atoms with E-state index in [0.29, 0.717) is 25.1 Å². The molecule has 0 heterocycles. The van der Waals surface area contributed by atoms with Gasteiger partial charge < -0.3 is 15.2 Å². The summed E-state index contributed by atoms with van der Waals surface area (Å²) in [6.07, 6.45) is 5.73. The normalized spacial score (nSPS) is 23.8. The molecule has 21 heavy (non-hydrogen) atoms. The molecule has 0 radical (unpaired) electrons. The third-order valence-corrected chi connectivity index (χ3v) is 4.48. The zero-order chi connectivity index (χ0) is 15.1. The molecule has 0 amide bonds. The summed E-state index contributed by atoms with van der Waals surface area (Å²) < 4.78 is 5.69. The first-order chi connectivity index (χ1) is 10.2. The molecule has 0 bridgehead atoms. The van der Waals surface area contributed by atoms with Crippen LogP contribution < -0.4 is 10.1 Å². The molecule has 2 rings (SSSR count). The van der Waals surface area contributed by atoms with E-state index in [2.05, 4.69) is 25.2 Å². The summed E-state index contributed by atoms with van der Waals surface area (Å²) in [4.78, 5) is 0. The maximum Gasteiger partial charge on any atom is 0.119 e. The van der Waals surface area contributed by atoms with Gasteiger partial charge in [0.1, 0.15) is 18.5 Å². The fourth-order valence-corrected chi connectivity index (χ4v) is 3.01. The minimum atomic E-state index is -0.454. The highest BCUT2D eigenvalue weighted by atomic mass is 16.5. The van der Waals surface area contributed by atoms with Crippen molar-refractivity contribution >= 4 is 0 Å². The van der Waals surface area contributed by atoms with Gasteiger partial charge in [-0.25, -0.2) is 0 Å². The number of rotatable bonds is 7. The maximum atomic E-state index is 10.1. The average molecular weight is 291 g/mol. The molecule has 3 nitrogen and oxygen atoms in total. The summed E-state index contributed by atoms with van der Waals surface area (Å²) >= 11 is 0. The minimum Gasteiger partial charge on any atom is -0.491 e. The van der Waals surface area contributed by atoms with Crippen LogP contribution in [0.5, 0.6) is 5.75 Å². The van der Waals surface area contributed by atoms with Crippen LogP contribution in [0.15, 0.2) is 24.3 Å². The van der Waals surface area contributed by atoms with E-state index in [0.717, 1.165) is 12.2 Å². The van der Waals surface area contributed by atoms with E-state index in [4.69, 9.17) is 4.74 Å². The second-order valence-electron chi connectivity index (χ2n) is 6.24. The summed E-state index contributed by atoms with van der Waals surface area (Å²) in [7, 11) is 0. The quantitative estimate of drug-likeness (QED) is 0.811. The largest absolute Gasteiger partial charge is 0.491 e. The molecule has 1 fully saturated rings. The lowest BCUT2D eigenvalue weighted by Crippen LogP contribution is -2.42. The van der Waals surface area contributed by atoms with Crippen molar-refractivity contribution in [3.8, 4) is 5.75 Å². The van der Waals surface area contributed by atoms with E-state index in [1.165, 1.54) is 31.2 Å². The van der Waals surface area contributed by atoms with Crippen LogP contribution in [0.2, 0.25) is 0 Å². The molecular weight excluding hydrogens is 262 g/mol. The molecule has 2 N–H and O–H groups in total. The molecule has 3 heteroatoms. The van der Waals surface area contributed by atoms with Gasteiger partial charge in [0, 0.05) is 12.6 Å². The van der Waals surface area contributed by atoms with E-state index in [1.54, 1.807) is 0 Å². The van der Waals surface area contributed by atoms with Crippen LogP contribution in [0.1, 0.15) is 45.1 Å². The van der Waals surface area contributed by atoms with Gasteiger partial charge in [-0.3, -0.25) is 0 Å². The molecule has 1 aliphatic carbocycles. The van der Waals surface area contributed by atoms with Crippen molar-refractivity contribution in [2.75, 3.05) is 13.2 Å². The Morgan fingerprint density at radius 3 is 2.90 bits per heavy atom. The number of ether oxygens (including phenoxy) is 1. The lowest BCUT2D eigenvalue weighted by atomic mass is 9.86. The molecule has 0 saturated heterocycles. The van der Waals surface area contributed by atoms with Crippen molar-refractivity contribution in [1.29, 1.82) is 0 Å². The molecule has 3 unspecified atom stereocenters. The van der Waals surface area contributed by atoms with E-state index in [1.807, 2.05) is 18.2 Å². The predicted molar refractivity (Wildman–Crippen MR) is 86.7 cm³/mol. The number of hydrogen-bond acceptors (Lipinski definition) is 3. The highest BCUT2D eigenvalue weighted by Crippen LogP contribution is 2.23. The molecule has 1 saturated carbocycles. The number of hydrogen-bond donors (Lipinski definition) is 2. The van der Waals surface area contributed by atoms with Crippen molar-refractivity contribution in [3.63, 3.8) is 0 Å². The smallest absolute Gasteiger partial charge is 0.119 e. The first kappa shape index (κ1) is 16.3. The average Bonchev–Trinajstić information content (AvgIpc) is 2.52. The highest BCUT2D eigenvalue weighted by molar-refractivity contribution is 5.28. The van der Waals surface area contributed by atoms with Crippen molar-refractivity contribution in [2.45, 2.75) is 58.1 Å². The van der Waals surface area contributed by atoms with Gasteiger partial charge in [-0.2, -0.15) is 0 Å². The first-order valence-electron chi connectivity index (χ1n) is 8.32. The molecule has 1 aromatic carbocycles. The summed E-state index contributed by atoms with van der Waals surface area (Å²) in [5.41, 5.74) is 1.26. The van der Waals surface area contributed by atoms with Gasteiger partial charge in [0.15, 0.2) is 0 Å². The lowest BCUT2D eigenvalue weighted by Gasteiger charge is -2.30. The summed E-state index contributed by atoms with van der Waals surface area (Å²) in [6, 6.07) is 8.64. The van der Waals surface area contributed by atoms with Crippen molar-refractivity contribution in [2.24, 2.45) is 5.92 Å². The minimum absolute atomic E-state index is 0.348. The summed E-state index contributed by atoms with van der Waals surface area (Å²) in [6.45, 7) is 5.39. The van der Waals surface area contributed by atoms with Gasteiger partial charge in [0.2, 0.25) is 0 Å². The van der Waals surface area contributed by atoms with Crippen LogP contribution in [0.4, 0.5) is 0 Å². The van der Waals surface area contributed by atoms with Gasteiger partial charge in [-0.15, -0.1) is 0 Å². The number of aryl methyl sites for hydroxylation is 1. The number of aliphatic hydroxyl groups excluding tert-OH is 1. The maximum absolute atomic E-state index is 10.1. The van der Waals surface area contributed by atoms with Crippen LogP contribution in [0.25, 0.3) is 0 Å². The monoisotopic (exact) mass is 291 g/mol. The second kappa shape index (κ2) is 8.40. The van der Waals surface area contributed by atoms with Crippen LogP contribution in [0.3, 0.4) is 0 Å². The molecule has 1 aliphatic rings. The van der Waals surface area contributed by atoms with Crippen LogP contribution in [0, 0.1) is 5.92 Å². The Kier molecular flexibility index (Phi) is 6.52. The summed E-state index contributed by atoms with van der Waals surface area (Å²) in [5, 5.41) is 13.6. The zero-order valence-electron chi connectivity index (χ0n) is 13.3. The first-order valence-corrected chi connectivity index (χ1v) is 8.32. The van der Waals surface area contributed by atoms with E-state index in [-0.39, 0.29) is 0 Å². The van der Waals surface area contributed by atoms with Gasteiger partial charge in [0.25, 0.3) is 0 Å². The van der Waals surface area contributed by atoms with Gasteiger partial charge in [-0.05, 0) is 42.9 Å². The van der Waals surface area contributed by atoms with Gasteiger partial charge >= 0.3 is 0 Å². The standard InChI is InChI=1S/C18H29NO2/c1-3-15-8-6-9-17(11-15)21-13-16(20)12-19-18-10-5-4-7-14(18)2/h6,8-9,11,14,16,18-20H,3-5,7,10,12-13H2,1-2H3. The molecule has 1 aromatic rings. The Balaban J connectivity index is 1.70. The summed E-state index contributed by atoms with van der Waals surface area (Å²) in [5.74, 6) is 1.56. The van der Waals surface area contributed by atoms with E-state index >= 15 is 0 Å². The van der Waals surface area contributed by atoms with Crippen molar-refractivity contribution in [1.82, 2.24) is 5.32 Å². The molecule has 3 atom stereocenters. The zero-order valence-corrected chi connectivity index (χ0v) is 13.3. The Hall–Kier alpha value is -1.06. The molecule has 0 aromatic heterocycles.